The smallest absolute Gasteiger partial charge is 0.283 e. The number of amides is 1. The van der Waals surface area contributed by atoms with E-state index in [-0.39, 0.29) is 11.4 Å². The summed E-state index contributed by atoms with van der Waals surface area (Å²) in [6.45, 7) is 1.81. The van der Waals surface area contributed by atoms with Gasteiger partial charge in [0.05, 0.1) is 21.3 Å². The lowest BCUT2D eigenvalue weighted by Gasteiger charge is -2.20. The van der Waals surface area contributed by atoms with Crippen molar-refractivity contribution in [2.24, 2.45) is 10.1 Å². The molecule has 26 heavy (non-hydrogen) atoms. The Morgan fingerprint density at radius 1 is 1.27 bits per heavy atom. The van der Waals surface area contributed by atoms with Gasteiger partial charge in [-0.2, -0.15) is 15.1 Å². The normalized spacial score (nSPS) is 18.3. The van der Waals surface area contributed by atoms with Crippen LogP contribution in [0.1, 0.15) is 12.6 Å². The van der Waals surface area contributed by atoms with Gasteiger partial charge in [0.25, 0.3) is 5.91 Å². The molecule has 1 amide bonds. The molecule has 0 aliphatic carbocycles. The largest absolute Gasteiger partial charge is 0.316 e. The van der Waals surface area contributed by atoms with Gasteiger partial charge in [-0.05, 0) is 55.1 Å². The molecule has 3 heterocycles. The van der Waals surface area contributed by atoms with E-state index in [1.807, 2.05) is 22.9 Å². The third-order valence-electron chi connectivity index (χ3n) is 3.80. The van der Waals surface area contributed by atoms with Gasteiger partial charge in [0.15, 0.2) is 5.84 Å². The zero-order valence-electron chi connectivity index (χ0n) is 13.4. The molecule has 0 saturated heterocycles. The lowest BCUT2D eigenvalue weighted by molar-refractivity contribution is -0.114. The van der Waals surface area contributed by atoms with Gasteiger partial charge in [-0.1, -0.05) is 23.2 Å². The van der Waals surface area contributed by atoms with Crippen LogP contribution in [0.4, 0.5) is 0 Å². The van der Waals surface area contributed by atoms with E-state index in [2.05, 4.69) is 10.1 Å². The first kappa shape index (κ1) is 17.1. The molecule has 0 atom stereocenters. The summed E-state index contributed by atoms with van der Waals surface area (Å²) in [5.41, 5.74) is 1.57. The molecule has 0 unspecified atom stereocenters. The molecule has 1 aromatic heterocycles. The third kappa shape index (κ3) is 2.88. The van der Waals surface area contributed by atoms with Gasteiger partial charge >= 0.3 is 0 Å². The summed E-state index contributed by atoms with van der Waals surface area (Å²) in [7, 11) is 0. The fourth-order valence-corrected chi connectivity index (χ4v) is 3.88. The van der Waals surface area contributed by atoms with Crippen LogP contribution >= 0.6 is 35.0 Å². The summed E-state index contributed by atoms with van der Waals surface area (Å²) in [6, 6.07) is 8.84. The number of nitrogens with zero attached hydrogens (tertiary/aromatic N) is 4. The van der Waals surface area contributed by atoms with E-state index in [1.165, 1.54) is 16.8 Å². The zero-order chi connectivity index (χ0) is 18.4. The van der Waals surface area contributed by atoms with E-state index in [1.54, 1.807) is 31.2 Å². The standard InChI is InChI=1S/C17H11Cl2N5OS/c1-9-22-24-15(20)12(16(25)21-17(24)26-9)8-11-3-2-6-23(11)14-5-4-10(18)7-13(14)19/h2-8,20H,1H3/b12-8+,20-15?. The van der Waals surface area contributed by atoms with Crippen LogP contribution in [-0.2, 0) is 4.79 Å². The van der Waals surface area contributed by atoms with Crippen molar-refractivity contribution in [3.8, 4) is 5.69 Å². The summed E-state index contributed by atoms with van der Waals surface area (Å²) < 4.78 is 1.82. The van der Waals surface area contributed by atoms with E-state index in [0.29, 0.717) is 20.9 Å². The molecule has 6 nitrogen and oxygen atoms in total. The molecule has 0 radical (unpaired) electrons. The lowest BCUT2D eigenvalue weighted by atomic mass is 10.1. The van der Waals surface area contributed by atoms with Crippen LogP contribution < -0.4 is 0 Å². The fourth-order valence-electron chi connectivity index (χ4n) is 2.64. The topological polar surface area (TPSA) is 73.8 Å². The third-order valence-corrected chi connectivity index (χ3v) is 5.16. The Kier molecular flexibility index (Phi) is 4.22. The Labute approximate surface area is 163 Å². The number of amidine groups is 2. The number of aliphatic imine (C=N–C) groups is 1. The number of carbonyl (C=O) groups is 1. The van der Waals surface area contributed by atoms with E-state index in [9.17, 15) is 4.79 Å². The van der Waals surface area contributed by atoms with Crippen LogP contribution in [0.15, 0.2) is 52.2 Å². The minimum Gasteiger partial charge on any atom is -0.316 e. The van der Waals surface area contributed by atoms with E-state index in [4.69, 9.17) is 28.6 Å². The molecule has 2 aromatic rings. The van der Waals surface area contributed by atoms with Crippen molar-refractivity contribution >= 4 is 63.0 Å². The second-order valence-corrected chi connectivity index (χ2v) is 7.54. The van der Waals surface area contributed by atoms with Gasteiger partial charge < -0.3 is 4.57 Å². The van der Waals surface area contributed by atoms with Crippen LogP contribution in [0.5, 0.6) is 0 Å². The highest BCUT2D eigenvalue weighted by molar-refractivity contribution is 8.26. The number of hydrazone groups is 1. The van der Waals surface area contributed by atoms with Crippen LogP contribution in [0.25, 0.3) is 11.8 Å². The second-order valence-electron chi connectivity index (χ2n) is 5.54. The number of aromatic nitrogens is 1. The summed E-state index contributed by atoms with van der Waals surface area (Å²) in [6.07, 6.45) is 3.44. The van der Waals surface area contributed by atoms with Crippen LogP contribution in [-0.4, -0.2) is 31.5 Å². The monoisotopic (exact) mass is 403 g/mol. The van der Waals surface area contributed by atoms with Gasteiger partial charge in [0.2, 0.25) is 5.17 Å². The Bertz CT molecular complexity index is 1050. The molecule has 2 aliphatic rings. The Morgan fingerprint density at radius 2 is 2.08 bits per heavy atom. The van der Waals surface area contributed by atoms with Crippen LogP contribution in [0.3, 0.4) is 0 Å². The minimum absolute atomic E-state index is 0.000645. The SMILES string of the molecule is CC1=NN2C(=N)/C(=C\c3cccn3-c3ccc(Cl)cc3Cl)C(=O)N=C2S1. The Balaban J connectivity index is 1.78. The van der Waals surface area contributed by atoms with Gasteiger partial charge in [-0.3, -0.25) is 10.2 Å². The number of halogens is 2. The van der Waals surface area contributed by atoms with Crippen molar-refractivity contribution in [1.29, 1.82) is 5.41 Å². The molecule has 4 rings (SSSR count). The number of fused-ring (bicyclic) bond motifs is 1. The summed E-state index contributed by atoms with van der Waals surface area (Å²) in [5, 5.41) is 16.1. The number of nitrogens with one attached hydrogen (secondary N) is 1. The van der Waals surface area contributed by atoms with Gasteiger partial charge in [-0.15, -0.1) is 0 Å². The minimum atomic E-state index is -0.464. The van der Waals surface area contributed by atoms with Gasteiger partial charge in [0, 0.05) is 16.9 Å². The number of thioether (sulfide) groups is 1. The summed E-state index contributed by atoms with van der Waals surface area (Å²) >= 11 is 13.5. The van der Waals surface area contributed by atoms with E-state index < -0.39 is 5.91 Å². The first-order chi connectivity index (χ1) is 12.4. The summed E-state index contributed by atoms with van der Waals surface area (Å²) in [4.78, 5) is 16.4. The Hall–Kier alpha value is -2.35. The highest BCUT2D eigenvalue weighted by atomic mass is 35.5. The molecule has 0 bridgehead atoms. The lowest BCUT2D eigenvalue weighted by Crippen LogP contribution is -2.35. The summed E-state index contributed by atoms with van der Waals surface area (Å²) in [5.74, 6) is -0.465. The van der Waals surface area contributed by atoms with Gasteiger partial charge in [0.1, 0.15) is 0 Å². The zero-order valence-corrected chi connectivity index (χ0v) is 15.7. The van der Waals surface area contributed by atoms with E-state index in [0.717, 1.165) is 10.7 Å². The maximum Gasteiger partial charge on any atom is 0.283 e. The number of hydrogen-bond acceptors (Lipinski definition) is 4. The van der Waals surface area contributed by atoms with E-state index >= 15 is 0 Å². The van der Waals surface area contributed by atoms with Crippen molar-refractivity contribution in [3.63, 3.8) is 0 Å². The average molecular weight is 404 g/mol. The van der Waals surface area contributed by atoms with Crippen molar-refractivity contribution in [1.82, 2.24) is 9.58 Å². The predicted octanol–water partition coefficient (Wildman–Crippen LogP) is 4.42. The molecule has 1 aromatic carbocycles. The predicted molar refractivity (Wildman–Crippen MR) is 106 cm³/mol. The molecular formula is C17H11Cl2N5OS. The second kappa shape index (κ2) is 6.42. The maximum absolute atomic E-state index is 12.4. The molecule has 0 fully saturated rings. The molecule has 130 valence electrons. The molecule has 2 aliphatic heterocycles. The highest BCUT2D eigenvalue weighted by Gasteiger charge is 2.34. The number of carbonyl (C=O) groups excluding carboxylic acids is 1. The van der Waals surface area contributed by atoms with Gasteiger partial charge in [-0.25, -0.2) is 0 Å². The quantitative estimate of drug-likeness (QED) is 0.753. The number of hydrogen-bond donors (Lipinski definition) is 1. The fraction of sp³-hybridized carbons (Fsp3) is 0.0588. The number of benzene rings is 1. The molecule has 0 spiro atoms. The van der Waals surface area contributed by atoms with Crippen molar-refractivity contribution < 1.29 is 4.79 Å². The first-order valence-electron chi connectivity index (χ1n) is 7.53. The van der Waals surface area contributed by atoms with Crippen molar-refractivity contribution in [2.75, 3.05) is 0 Å². The molecule has 1 N–H and O–H groups in total. The maximum atomic E-state index is 12.4. The van der Waals surface area contributed by atoms with Crippen molar-refractivity contribution in [3.05, 3.63) is 57.8 Å². The highest BCUT2D eigenvalue weighted by Crippen LogP contribution is 2.30. The first-order valence-corrected chi connectivity index (χ1v) is 9.11. The molecule has 9 heteroatoms. The van der Waals surface area contributed by atoms with Crippen molar-refractivity contribution in [2.45, 2.75) is 6.92 Å². The molecule has 0 saturated carbocycles. The van der Waals surface area contributed by atoms with Crippen LogP contribution in [0.2, 0.25) is 10.0 Å². The Morgan fingerprint density at radius 3 is 2.85 bits per heavy atom. The molecular weight excluding hydrogens is 393 g/mol. The average Bonchev–Trinajstić information content (AvgIpc) is 3.17. The number of rotatable bonds is 2. The van der Waals surface area contributed by atoms with Crippen LogP contribution in [0, 0.1) is 5.41 Å².